The maximum absolute atomic E-state index is 4.41. The van der Waals surface area contributed by atoms with Gasteiger partial charge in [-0.3, -0.25) is 4.90 Å². The molecule has 1 aliphatic rings. The lowest BCUT2D eigenvalue weighted by molar-refractivity contribution is 0.247. The van der Waals surface area contributed by atoms with Gasteiger partial charge in [0.25, 0.3) is 0 Å². The van der Waals surface area contributed by atoms with Crippen LogP contribution in [0.5, 0.6) is 0 Å². The highest BCUT2D eigenvalue weighted by Gasteiger charge is 2.18. The number of piperazine rings is 1. The maximum Gasteiger partial charge on any atom is 0.132 e. The molecule has 118 valence electrons. The molecule has 0 radical (unpaired) electrons. The minimum absolute atomic E-state index is 0.951. The predicted molar refractivity (Wildman–Crippen MR) is 84.8 cm³/mol. The molecular formula is C15H23N7. The van der Waals surface area contributed by atoms with Crippen molar-refractivity contribution < 1.29 is 0 Å². The third-order valence-electron chi connectivity index (χ3n) is 4.23. The number of nitrogens with zero attached hydrogens (tertiary/aromatic N) is 7. The van der Waals surface area contributed by atoms with Crippen LogP contribution in [0.15, 0.2) is 18.7 Å². The fraction of sp³-hybridized carbons (Fsp3) is 0.600. The molecule has 2 aromatic heterocycles. The van der Waals surface area contributed by atoms with Crippen LogP contribution >= 0.6 is 0 Å². The van der Waals surface area contributed by atoms with E-state index in [4.69, 9.17) is 0 Å². The van der Waals surface area contributed by atoms with E-state index in [2.05, 4.69) is 47.5 Å². The first kappa shape index (κ1) is 14.9. The van der Waals surface area contributed by atoms with Crippen molar-refractivity contribution >= 4 is 5.82 Å². The highest BCUT2D eigenvalue weighted by molar-refractivity contribution is 5.39. The van der Waals surface area contributed by atoms with Crippen molar-refractivity contribution in [2.24, 2.45) is 0 Å². The van der Waals surface area contributed by atoms with Crippen LogP contribution in [0.3, 0.4) is 0 Å². The van der Waals surface area contributed by atoms with Crippen molar-refractivity contribution in [1.82, 2.24) is 29.6 Å². The van der Waals surface area contributed by atoms with E-state index in [1.807, 2.05) is 6.92 Å². The van der Waals surface area contributed by atoms with Crippen molar-refractivity contribution in [3.8, 4) is 0 Å². The molecule has 22 heavy (non-hydrogen) atoms. The van der Waals surface area contributed by atoms with Gasteiger partial charge in [0, 0.05) is 51.0 Å². The van der Waals surface area contributed by atoms with Crippen LogP contribution in [0, 0.1) is 6.92 Å². The number of hydrogen-bond acceptors (Lipinski definition) is 6. The van der Waals surface area contributed by atoms with Gasteiger partial charge in [-0.05, 0) is 13.3 Å². The maximum atomic E-state index is 4.41. The summed E-state index contributed by atoms with van der Waals surface area (Å²) >= 11 is 0. The van der Waals surface area contributed by atoms with E-state index in [9.17, 15) is 0 Å². The zero-order valence-electron chi connectivity index (χ0n) is 13.3. The molecule has 0 N–H and O–H groups in total. The molecule has 3 rings (SSSR count). The Morgan fingerprint density at radius 1 is 1.09 bits per heavy atom. The molecule has 0 aromatic carbocycles. The second-order valence-corrected chi connectivity index (χ2v) is 5.62. The lowest BCUT2D eigenvalue weighted by Crippen LogP contribution is -2.47. The zero-order chi connectivity index (χ0) is 15.4. The molecule has 2 aromatic rings. The first-order valence-electron chi connectivity index (χ1n) is 7.89. The van der Waals surface area contributed by atoms with Gasteiger partial charge in [-0.15, -0.1) is 10.2 Å². The van der Waals surface area contributed by atoms with Gasteiger partial charge in [-0.25, -0.2) is 9.97 Å². The van der Waals surface area contributed by atoms with Crippen LogP contribution in [0.2, 0.25) is 0 Å². The monoisotopic (exact) mass is 301 g/mol. The van der Waals surface area contributed by atoms with Crippen LogP contribution in [-0.2, 0) is 13.0 Å². The number of hydrogen-bond donors (Lipinski definition) is 0. The summed E-state index contributed by atoms with van der Waals surface area (Å²) < 4.78 is 2.10. The van der Waals surface area contributed by atoms with E-state index in [1.54, 1.807) is 12.7 Å². The zero-order valence-corrected chi connectivity index (χ0v) is 13.3. The summed E-state index contributed by atoms with van der Waals surface area (Å²) in [4.78, 5) is 13.5. The van der Waals surface area contributed by atoms with E-state index >= 15 is 0 Å². The average Bonchev–Trinajstić information content (AvgIpc) is 2.98. The molecule has 0 bridgehead atoms. The number of rotatable bonds is 5. The smallest absolute Gasteiger partial charge is 0.132 e. The number of aryl methyl sites for hydroxylation is 2. The molecule has 1 fully saturated rings. The van der Waals surface area contributed by atoms with Crippen LogP contribution in [0.1, 0.15) is 18.4 Å². The molecule has 0 amide bonds. The van der Waals surface area contributed by atoms with Crippen LogP contribution < -0.4 is 4.90 Å². The molecule has 0 saturated carbocycles. The van der Waals surface area contributed by atoms with Gasteiger partial charge in [0.1, 0.15) is 24.3 Å². The average molecular weight is 301 g/mol. The van der Waals surface area contributed by atoms with Crippen LogP contribution in [0.25, 0.3) is 0 Å². The summed E-state index contributed by atoms with van der Waals surface area (Å²) in [6.07, 6.45) is 4.43. The fourth-order valence-corrected chi connectivity index (χ4v) is 2.73. The second-order valence-electron chi connectivity index (χ2n) is 5.62. The predicted octanol–water partition coefficient (Wildman–Crippen LogP) is 0.761. The standard InChI is InChI=1S/C15H23N7/c1-3-14-10-15(17-11-16-14)21-7-4-20(5-8-21)6-9-22-12-18-19-13(22)2/h10-12H,3-9H2,1-2H3. The van der Waals surface area contributed by atoms with Gasteiger partial charge < -0.3 is 9.47 Å². The summed E-state index contributed by atoms with van der Waals surface area (Å²) in [7, 11) is 0. The Kier molecular flexibility index (Phi) is 4.62. The number of aromatic nitrogens is 5. The minimum atomic E-state index is 0.951. The Morgan fingerprint density at radius 2 is 1.91 bits per heavy atom. The van der Waals surface area contributed by atoms with Gasteiger partial charge in [-0.1, -0.05) is 6.92 Å². The van der Waals surface area contributed by atoms with Crippen LogP contribution in [0.4, 0.5) is 5.82 Å². The van der Waals surface area contributed by atoms with E-state index in [0.717, 1.165) is 63.0 Å². The van der Waals surface area contributed by atoms with E-state index in [1.165, 1.54) is 0 Å². The Labute approximate surface area is 131 Å². The van der Waals surface area contributed by atoms with Crippen molar-refractivity contribution in [2.45, 2.75) is 26.8 Å². The molecule has 7 heteroatoms. The van der Waals surface area contributed by atoms with Gasteiger partial charge in [0.05, 0.1) is 0 Å². The molecule has 1 saturated heterocycles. The van der Waals surface area contributed by atoms with Crippen molar-refractivity contribution in [2.75, 3.05) is 37.6 Å². The summed E-state index contributed by atoms with van der Waals surface area (Å²) in [5.41, 5.74) is 1.11. The fourth-order valence-electron chi connectivity index (χ4n) is 2.73. The van der Waals surface area contributed by atoms with E-state index in [0.29, 0.717) is 0 Å². The van der Waals surface area contributed by atoms with Crippen molar-refractivity contribution in [3.05, 3.63) is 30.2 Å². The van der Waals surface area contributed by atoms with Crippen LogP contribution in [-0.4, -0.2) is 62.4 Å². The normalized spacial score (nSPS) is 16.2. The quantitative estimate of drug-likeness (QED) is 0.812. The Balaban J connectivity index is 1.50. The highest BCUT2D eigenvalue weighted by atomic mass is 15.3. The molecule has 0 unspecified atom stereocenters. The Bertz CT molecular complexity index is 601. The summed E-state index contributed by atoms with van der Waals surface area (Å²) in [5, 5.41) is 7.95. The van der Waals surface area contributed by atoms with Crippen molar-refractivity contribution in [3.63, 3.8) is 0 Å². The lowest BCUT2D eigenvalue weighted by Gasteiger charge is -2.35. The van der Waals surface area contributed by atoms with E-state index < -0.39 is 0 Å². The lowest BCUT2D eigenvalue weighted by atomic mass is 10.2. The third kappa shape index (κ3) is 3.41. The first-order chi connectivity index (χ1) is 10.8. The molecule has 0 aliphatic carbocycles. The Hall–Kier alpha value is -2.02. The molecule has 1 aliphatic heterocycles. The topological polar surface area (TPSA) is 63.0 Å². The SMILES string of the molecule is CCc1cc(N2CCN(CCn3cnnc3C)CC2)ncn1. The summed E-state index contributed by atoms with van der Waals surface area (Å²) in [6, 6.07) is 2.11. The van der Waals surface area contributed by atoms with E-state index in [-0.39, 0.29) is 0 Å². The van der Waals surface area contributed by atoms with Crippen molar-refractivity contribution in [1.29, 1.82) is 0 Å². The second kappa shape index (κ2) is 6.83. The molecule has 0 atom stereocenters. The molecule has 0 spiro atoms. The van der Waals surface area contributed by atoms with Gasteiger partial charge in [0.2, 0.25) is 0 Å². The van der Waals surface area contributed by atoms with Gasteiger partial charge in [-0.2, -0.15) is 0 Å². The largest absolute Gasteiger partial charge is 0.354 e. The molecular weight excluding hydrogens is 278 g/mol. The third-order valence-corrected chi connectivity index (χ3v) is 4.23. The summed E-state index contributed by atoms with van der Waals surface area (Å²) in [6.45, 7) is 10.3. The highest BCUT2D eigenvalue weighted by Crippen LogP contribution is 2.14. The van der Waals surface area contributed by atoms with Gasteiger partial charge in [0.15, 0.2) is 0 Å². The molecule has 7 nitrogen and oxygen atoms in total. The molecule has 3 heterocycles. The number of anilines is 1. The minimum Gasteiger partial charge on any atom is -0.354 e. The Morgan fingerprint density at radius 3 is 2.59 bits per heavy atom. The summed E-state index contributed by atoms with van der Waals surface area (Å²) in [5.74, 6) is 2.04. The first-order valence-corrected chi connectivity index (χ1v) is 7.89. The van der Waals surface area contributed by atoms with Gasteiger partial charge >= 0.3 is 0 Å².